The number of hydrogen-bond acceptors (Lipinski definition) is 6. The van der Waals surface area contributed by atoms with E-state index in [1.807, 2.05) is 48.0 Å². The molecule has 11 heteroatoms. The SMILES string of the molecule is COc1cccc(-n2ccc(N(C(=O)c3cccs3)C3CCN(Cc4cccc(C(F)(F)F)n4)CC3)n2)c1. The minimum absolute atomic E-state index is 0.107. The summed E-state index contributed by atoms with van der Waals surface area (Å²) in [6.45, 7) is 1.56. The van der Waals surface area contributed by atoms with E-state index in [0.717, 1.165) is 11.8 Å². The van der Waals surface area contributed by atoms with Gasteiger partial charge in [0, 0.05) is 44.0 Å². The summed E-state index contributed by atoms with van der Waals surface area (Å²) < 4.78 is 46.2. The lowest BCUT2D eigenvalue weighted by molar-refractivity contribution is -0.141. The Morgan fingerprint density at radius 2 is 1.89 bits per heavy atom. The molecule has 38 heavy (non-hydrogen) atoms. The number of benzene rings is 1. The van der Waals surface area contributed by atoms with Crippen LogP contribution in [0.15, 0.2) is 72.2 Å². The van der Waals surface area contributed by atoms with E-state index in [9.17, 15) is 18.0 Å². The molecule has 0 spiro atoms. The summed E-state index contributed by atoms with van der Waals surface area (Å²) in [4.78, 5) is 21.8. The average molecular weight is 542 g/mol. The van der Waals surface area contributed by atoms with E-state index in [1.54, 1.807) is 28.8 Å². The van der Waals surface area contributed by atoms with Gasteiger partial charge in [0.25, 0.3) is 5.91 Å². The van der Waals surface area contributed by atoms with Gasteiger partial charge in [-0.1, -0.05) is 18.2 Å². The van der Waals surface area contributed by atoms with Crippen LogP contribution in [0.5, 0.6) is 5.75 Å². The van der Waals surface area contributed by atoms with E-state index in [-0.39, 0.29) is 11.9 Å². The first-order chi connectivity index (χ1) is 18.3. The molecule has 0 N–H and O–H groups in total. The normalized spacial score (nSPS) is 14.9. The lowest BCUT2D eigenvalue weighted by Gasteiger charge is -2.37. The number of anilines is 1. The number of hydrogen-bond donors (Lipinski definition) is 0. The number of carbonyl (C=O) groups excluding carboxylic acids is 1. The molecule has 1 aliphatic rings. The highest BCUT2D eigenvalue weighted by molar-refractivity contribution is 7.12. The van der Waals surface area contributed by atoms with Crippen LogP contribution in [-0.4, -0.2) is 51.8 Å². The maximum Gasteiger partial charge on any atom is 0.433 e. The van der Waals surface area contributed by atoms with Crippen molar-refractivity contribution in [3.05, 3.63) is 88.5 Å². The topological polar surface area (TPSA) is 63.5 Å². The highest BCUT2D eigenvalue weighted by atomic mass is 32.1. The molecule has 1 aromatic carbocycles. The number of methoxy groups -OCH3 is 1. The minimum atomic E-state index is -4.47. The van der Waals surface area contributed by atoms with E-state index in [0.29, 0.717) is 54.6 Å². The summed E-state index contributed by atoms with van der Waals surface area (Å²) >= 11 is 1.38. The third-order valence-corrected chi connectivity index (χ3v) is 7.35. The molecule has 1 fully saturated rings. The predicted molar refractivity (Wildman–Crippen MR) is 139 cm³/mol. The van der Waals surface area contributed by atoms with Crippen molar-refractivity contribution in [2.45, 2.75) is 31.6 Å². The zero-order valence-corrected chi connectivity index (χ0v) is 21.5. The summed E-state index contributed by atoms with van der Waals surface area (Å²) in [6, 6.07) is 16.8. The molecule has 4 aromatic rings. The van der Waals surface area contributed by atoms with Crippen LogP contribution in [0, 0.1) is 0 Å². The molecule has 0 bridgehead atoms. The van der Waals surface area contributed by atoms with Crippen LogP contribution < -0.4 is 9.64 Å². The van der Waals surface area contributed by atoms with Crippen molar-refractivity contribution in [2.75, 3.05) is 25.1 Å². The van der Waals surface area contributed by atoms with Crippen molar-refractivity contribution in [1.29, 1.82) is 0 Å². The zero-order chi connectivity index (χ0) is 26.7. The number of ether oxygens (including phenoxy) is 1. The molecule has 0 radical (unpaired) electrons. The lowest BCUT2D eigenvalue weighted by atomic mass is 10.0. The van der Waals surface area contributed by atoms with E-state index in [2.05, 4.69) is 9.88 Å². The number of likely N-dealkylation sites (tertiary alicyclic amines) is 1. The van der Waals surface area contributed by atoms with Gasteiger partial charge in [-0.05, 0) is 48.6 Å². The molecule has 0 atom stereocenters. The van der Waals surface area contributed by atoms with E-state index >= 15 is 0 Å². The maximum atomic E-state index is 13.6. The molecule has 198 valence electrons. The van der Waals surface area contributed by atoms with Crippen molar-refractivity contribution in [1.82, 2.24) is 19.7 Å². The van der Waals surface area contributed by atoms with Gasteiger partial charge in [-0.25, -0.2) is 9.67 Å². The van der Waals surface area contributed by atoms with Gasteiger partial charge >= 0.3 is 6.18 Å². The molecule has 0 unspecified atom stereocenters. The summed E-state index contributed by atoms with van der Waals surface area (Å²) in [5.41, 5.74) is 0.300. The van der Waals surface area contributed by atoms with Gasteiger partial charge in [0.15, 0.2) is 5.82 Å². The van der Waals surface area contributed by atoms with Gasteiger partial charge in [0.2, 0.25) is 0 Å². The van der Waals surface area contributed by atoms with Gasteiger partial charge in [-0.3, -0.25) is 14.6 Å². The Labute approximate surface area is 222 Å². The van der Waals surface area contributed by atoms with Crippen LogP contribution in [-0.2, 0) is 12.7 Å². The summed E-state index contributed by atoms with van der Waals surface area (Å²) in [5, 5.41) is 6.59. The molecular formula is C27H26F3N5O2S. The van der Waals surface area contributed by atoms with E-state index in [4.69, 9.17) is 9.84 Å². The zero-order valence-electron chi connectivity index (χ0n) is 20.6. The lowest BCUT2D eigenvalue weighted by Crippen LogP contribution is -2.47. The molecule has 7 nitrogen and oxygen atoms in total. The molecule has 1 aliphatic heterocycles. The Morgan fingerprint density at radius 1 is 1.11 bits per heavy atom. The van der Waals surface area contributed by atoms with Crippen LogP contribution in [0.4, 0.5) is 19.0 Å². The second-order valence-corrected chi connectivity index (χ2v) is 9.94. The van der Waals surface area contributed by atoms with Gasteiger partial charge in [-0.15, -0.1) is 16.4 Å². The van der Waals surface area contributed by atoms with Crippen LogP contribution in [0.1, 0.15) is 33.9 Å². The Morgan fingerprint density at radius 3 is 2.61 bits per heavy atom. The Kier molecular flexibility index (Phi) is 7.48. The van der Waals surface area contributed by atoms with Crippen LogP contribution in [0.3, 0.4) is 0 Å². The number of pyridine rings is 1. The molecule has 1 amide bonds. The highest BCUT2D eigenvalue weighted by Crippen LogP contribution is 2.29. The largest absolute Gasteiger partial charge is 0.497 e. The average Bonchev–Trinajstić information content (AvgIpc) is 3.63. The van der Waals surface area contributed by atoms with Gasteiger partial charge < -0.3 is 4.74 Å². The fourth-order valence-corrected chi connectivity index (χ4v) is 5.27. The number of thiophene rings is 1. The van der Waals surface area contributed by atoms with Crippen molar-refractivity contribution in [3.8, 4) is 11.4 Å². The second kappa shape index (κ2) is 11.0. The Bertz CT molecular complexity index is 1380. The third kappa shape index (κ3) is 5.73. The number of amides is 1. The second-order valence-electron chi connectivity index (χ2n) is 8.99. The Hall–Kier alpha value is -3.70. The molecule has 0 saturated carbocycles. The number of carbonyl (C=O) groups is 1. The van der Waals surface area contributed by atoms with Gasteiger partial charge in [0.1, 0.15) is 11.4 Å². The van der Waals surface area contributed by atoms with E-state index < -0.39 is 11.9 Å². The van der Waals surface area contributed by atoms with Gasteiger partial charge in [-0.2, -0.15) is 13.2 Å². The van der Waals surface area contributed by atoms with Crippen molar-refractivity contribution < 1.29 is 22.7 Å². The number of nitrogens with zero attached hydrogens (tertiary/aromatic N) is 5. The molecular weight excluding hydrogens is 515 g/mol. The predicted octanol–water partition coefficient (Wildman–Crippen LogP) is 5.67. The van der Waals surface area contributed by atoms with Crippen LogP contribution >= 0.6 is 11.3 Å². The van der Waals surface area contributed by atoms with Crippen molar-refractivity contribution >= 4 is 23.1 Å². The van der Waals surface area contributed by atoms with Crippen LogP contribution in [0.25, 0.3) is 5.69 Å². The molecule has 4 heterocycles. The Balaban J connectivity index is 1.33. The summed E-state index contributed by atoms with van der Waals surface area (Å²) in [5.74, 6) is 1.13. The van der Waals surface area contributed by atoms with E-state index in [1.165, 1.54) is 17.4 Å². The highest BCUT2D eigenvalue weighted by Gasteiger charge is 2.34. The van der Waals surface area contributed by atoms with Gasteiger partial charge in [0.05, 0.1) is 23.4 Å². The number of aromatic nitrogens is 3. The van der Waals surface area contributed by atoms with Crippen molar-refractivity contribution in [3.63, 3.8) is 0 Å². The molecule has 5 rings (SSSR count). The number of rotatable bonds is 7. The standard InChI is InChI=1S/C27H26F3N5O2S/c1-37-22-7-3-6-21(17-22)34-15-12-25(32-34)35(26(36)23-8-4-16-38-23)20-10-13-33(14-11-20)18-19-5-2-9-24(31-19)27(28,29)30/h2-9,12,15-17,20H,10-11,13-14,18H2,1H3. The van der Waals surface area contributed by atoms with Crippen molar-refractivity contribution in [2.24, 2.45) is 0 Å². The first-order valence-corrected chi connectivity index (χ1v) is 13.0. The first kappa shape index (κ1) is 25.9. The monoisotopic (exact) mass is 541 g/mol. The third-order valence-electron chi connectivity index (χ3n) is 6.50. The summed E-state index contributed by atoms with van der Waals surface area (Å²) in [6.07, 6.45) is -1.35. The quantitative estimate of drug-likeness (QED) is 0.302. The summed E-state index contributed by atoms with van der Waals surface area (Å²) in [7, 11) is 1.60. The maximum absolute atomic E-state index is 13.6. The molecule has 0 aliphatic carbocycles. The first-order valence-electron chi connectivity index (χ1n) is 12.1. The smallest absolute Gasteiger partial charge is 0.433 e. The fourth-order valence-electron chi connectivity index (χ4n) is 4.61. The number of alkyl halides is 3. The number of halogens is 3. The van der Waals surface area contributed by atoms with Crippen LogP contribution in [0.2, 0.25) is 0 Å². The molecule has 1 saturated heterocycles. The minimum Gasteiger partial charge on any atom is -0.497 e. The fraction of sp³-hybridized carbons (Fsp3) is 0.296. The number of piperidine rings is 1. The molecule has 3 aromatic heterocycles.